The molecular weight excluding hydrogens is 189 g/mol. The summed E-state index contributed by atoms with van der Waals surface area (Å²) in [6, 6.07) is 4.82. The summed E-state index contributed by atoms with van der Waals surface area (Å²) in [5.41, 5.74) is 7.64. The van der Waals surface area contributed by atoms with Crippen molar-refractivity contribution < 1.29 is 4.39 Å². The molecule has 2 N–H and O–H groups in total. The molecule has 0 aromatic heterocycles. The Balaban J connectivity index is 2.27. The summed E-state index contributed by atoms with van der Waals surface area (Å²) in [5.74, 6) is 0.963. The Hall–Kier alpha value is -1.05. The van der Waals surface area contributed by atoms with Crippen molar-refractivity contribution in [3.63, 3.8) is 0 Å². The number of nitrogen functional groups attached to an aromatic ring is 1. The second kappa shape index (κ2) is 4.21. The lowest BCUT2D eigenvalue weighted by Gasteiger charge is -2.29. The highest BCUT2D eigenvalue weighted by Crippen LogP contribution is 2.39. The van der Waals surface area contributed by atoms with Crippen LogP contribution in [0.15, 0.2) is 18.2 Å². The third-order valence-corrected chi connectivity index (χ3v) is 3.56. The fourth-order valence-electron chi connectivity index (χ4n) is 2.66. The maximum absolute atomic E-state index is 12.9. The van der Waals surface area contributed by atoms with Crippen molar-refractivity contribution in [1.82, 2.24) is 0 Å². The molecule has 2 atom stereocenters. The fourth-order valence-corrected chi connectivity index (χ4v) is 2.66. The molecule has 0 saturated heterocycles. The van der Waals surface area contributed by atoms with Gasteiger partial charge in [0.15, 0.2) is 0 Å². The van der Waals surface area contributed by atoms with Crippen molar-refractivity contribution in [2.45, 2.75) is 38.5 Å². The van der Waals surface area contributed by atoms with E-state index in [-0.39, 0.29) is 5.82 Å². The minimum atomic E-state index is -0.236. The van der Waals surface area contributed by atoms with E-state index in [0.717, 1.165) is 5.56 Å². The summed E-state index contributed by atoms with van der Waals surface area (Å²) >= 11 is 0. The van der Waals surface area contributed by atoms with Crippen LogP contribution in [0.3, 0.4) is 0 Å². The quantitative estimate of drug-likeness (QED) is 0.698. The van der Waals surface area contributed by atoms with Crippen LogP contribution in [-0.2, 0) is 0 Å². The number of nitrogens with two attached hydrogens (primary N) is 1. The average molecular weight is 207 g/mol. The number of hydrogen-bond donors (Lipinski definition) is 1. The van der Waals surface area contributed by atoms with E-state index in [4.69, 9.17) is 5.73 Å². The third-order valence-electron chi connectivity index (χ3n) is 3.56. The Labute approximate surface area is 90.5 Å². The van der Waals surface area contributed by atoms with Crippen LogP contribution in [0.5, 0.6) is 0 Å². The van der Waals surface area contributed by atoms with Crippen molar-refractivity contribution in [2.75, 3.05) is 5.73 Å². The van der Waals surface area contributed by atoms with Gasteiger partial charge < -0.3 is 5.73 Å². The summed E-state index contributed by atoms with van der Waals surface area (Å²) in [7, 11) is 0. The molecular formula is C13H18FN. The monoisotopic (exact) mass is 207 g/mol. The van der Waals surface area contributed by atoms with Crippen molar-refractivity contribution in [3.8, 4) is 0 Å². The van der Waals surface area contributed by atoms with Crippen LogP contribution in [0, 0.1) is 11.7 Å². The predicted octanol–water partition coefficient (Wildman–Crippen LogP) is 3.70. The van der Waals surface area contributed by atoms with E-state index in [1.807, 2.05) is 6.07 Å². The van der Waals surface area contributed by atoms with Crippen LogP contribution < -0.4 is 5.73 Å². The molecule has 2 heteroatoms. The number of benzene rings is 1. The molecule has 2 rings (SSSR count). The normalized spacial score (nSPS) is 26.5. The molecule has 1 saturated carbocycles. The molecule has 1 aromatic rings. The number of halogens is 1. The van der Waals surface area contributed by atoms with Gasteiger partial charge in [0.2, 0.25) is 0 Å². The van der Waals surface area contributed by atoms with Gasteiger partial charge in [-0.05, 0) is 36.0 Å². The van der Waals surface area contributed by atoms with Gasteiger partial charge in [0.1, 0.15) is 5.82 Å². The Morgan fingerprint density at radius 2 is 2.00 bits per heavy atom. The van der Waals surface area contributed by atoms with E-state index in [0.29, 0.717) is 17.5 Å². The molecule has 0 amide bonds. The second-order valence-electron chi connectivity index (χ2n) is 4.64. The summed E-state index contributed by atoms with van der Waals surface area (Å²) in [5, 5.41) is 0. The molecule has 15 heavy (non-hydrogen) atoms. The predicted molar refractivity (Wildman–Crippen MR) is 61.2 cm³/mol. The van der Waals surface area contributed by atoms with Crippen molar-refractivity contribution in [3.05, 3.63) is 29.6 Å². The highest BCUT2D eigenvalue weighted by atomic mass is 19.1. The van der Waals surface area contributed by atoms with E-state index < -0.39 is 0 Å². The van der Waals surface area contributed by atoms with Crippen LogP contribution in [0.1, 0.15) is 44.1 Å². The Morgan fingerprint density at radius 1 is 1.27 bits per heavy atom. The van der Waals surface area contributed by atoms with Gasteiger partial charge in [-0.2, -0.15) is 0 Å². The molecule has 1 aliphatic carbocycles. The number of rotatable bonds is 1. The topological polar surface area (TPSA) is 26.0 Å². The van der Waals surface area contributed by atoms with Crippen molar-refractivity contribution >= 4 is 5.69 Å². The van der Waals surface area contributed by atoms with Crippen LogP contribution in [0.2, 0.25) is 0 Å². The first-order chi connectivity index (χ1) is 7.18. The molecule has 1 fully saturated rings. The maximum Gasteiger partial charge on any atom is 0.125 e. The first kappa shape index (κ1) is 10.5. The molecule has 0 heterocycles. The van der Waals surface area contributed by atoms with E-state index in [1.165, 1.54) is 37.8 Å². The summed E-state index contributed by atoms with van der Waals surface area (Å²) in [4.78, 5) is 0. The lowest BCUT2D eigenvalue weighted by Crippen LogP contribution is -2.16. The first-order valence-corrected chi connectivity index (χ1v) is 5.73. The van der Waals surface area contributed by atoms with E-state index in [1.54, 1.807) is 0 Å². The smallest absolute Gasteiger partial charge is 0.125 e. The van der Waals surface area contributed by atoms with Crippen molar-refractivity contribution in [2.24, 2.45) is 5.92 Å². The highest BCUT2D eigenvalue weighted by molar-refractivity contribution is 5.49. The molecule has 0 unspecified atom stereocenters. The highest BCUT2D eigenvalue weighted by Gasteiger charge is 2.24. The molecule has 0 bridgehead atoms. The lowest BCUT2D eigenvalue weighted by molar-refractivity contribution is 0.331. The lowest BCUT2D eigenvalue weighted by atomic mass is 9.76. The van der Waals surface area contributed by atoms with Crippen molar-refractivity contribution in [1.29, 1.82) is 0 Å². The minimum absolute atomic E-state index is 0.236. The summed E-state index contributed by atoms with van der Waals surface area (Å²) in [6.07, 6.45) is 5.04. The third kappa shape index (κ3) is 2.14. The van der Waals surface area contributed by atoms with E-state index in [2.05, 4.69) is 6.92 Å². The Morgan fingerprint density at radius 3 is 2.67 bits per heavy atom. The van der Waals surface area contributed by atoms with Crippen LogP contribution in [-0.4, -0.2) is 0 Å². The van der Waals surface area contributed by atoms with Gasteiger partial charge in [-0.1, -0.05) is 32.3 Å². The summed E-state index contributed by atoms with van der Waals surface area (Å²) in [6.45, 7) is 2.27. The van der Waals surface area contributed by atoms with Gasteiger partial charge in [0.05, 0.1) is 0 Å². The molecule has 1 aliphatic rings. The largest absolute Gasteiger partial charge is 0.398 e. The average Bonchev–Trinajstić information content (AvgIpc) is 2.20. The molecule has 1 aromatic carbocycles. The van der Waals surface area contributed by atoms with Gasteiger partial charge in [0, 0.05) is 5.69 Å². The first-order valence-electron chi connectivity index (χ1n) is 5.73. The molecule has 0 radical (unpaired) electrons. The number of hydrogen-bond acceptors (Lipinski definition) is 1. The standard InChI is InChI=1S/C13H18FN/c1-9-4-2-3-5-11(9)12-7-6-10(14)8-13(12)15/h6-9,11H,2-5,15H2,1H3/t9-,11-/m0/s1. The minimum Gasteiger partial charge on any atom is -0.398 e. The van der Waals surface area contributed by atoms with Crippen LogP contribution in [0.25, 0.3) is 0 Å². The second-order valence-corrected chi connectivity index (χ2v) is 4.64. The SMILES string of the molecule is C[C@H]1CCCC[C@@H]1c1ccc(F)cc1N. The van der Waals surface area contributed by atoms with Gasteiger partial charge in [0.25, 0.3) is 0 Å². The van der Waals surface area contributed by atoms with Gasteiger partial charge in [-0.15, -0.1) is 0 Å². The van der Waals surface area contributed by atoms with E-state index in [9.17, 15) is 4.39 Å². The van der Waals surface area contributed by atoms with Gasteiger partial charge in [-0.25, -0.2) is 4.39 Å². The zero-order chi connectivity index (χ0) is 10.8. The van der Waals surface area contributed by atoms with Gasteiger partial charge in [-0.3, -0.25) is 0 Å². The summed E-state index contributed by atoms with van der Waals surface area (Å²) < 4.78 is 12.9. The molecule has 0 aliphatic heterocycles. The zero-order valence-corrected chi connectivity index (χ0v) is 9.17. The van der Waals surface area contributed by atoms with Crippen LogP contribution in [0.4, 0.5) is 10.1 Å². The van der Waals surface area contributed by atoms with E-state index >= 15 is 0 Å². The molecule has 0 spiro atoms. The number of anilines is 1. The Kier molecular flexibility index (Phi) is 2.94. The fraction of sp³-hybridized carbons (Fsp3) is 0.538. The van der Waals surface area contributed by atoms with Crippen LogP contribution >= 0.6 is 0 Å². The van der Waals surface area contributed by atoms with Gasteiger partial charge >= 0.3 is 0 Å². The molecule has 82 valence electrons. The maximum atomic E-state index is 12.9. The Bertz CT molecular complexity index is 348. The molecule has 1 nitrogen and oxygen atoms in total. The zero-order valence-electron chi connectivity index (χ0n) is 9.17.